The molecule has 3 aromatic carbocycles. The van der Waals surface area contributed by atoms with Crippen LogP contribution < -0.4 is 4.72 Å². The zero-order valence-electron chi connectivity index (χ0n) is 17.9. The number of carbonyl (C=O) groups is 1. The van der Waals surface area contributed by atoms with E-state index in [4.69, 9.17) is 0 Å². The van der Waals surface area contributed by atoms with Gasteiger partial charge in [-0.1, -0.05) is 18.6 Å². The number of nitrogens with zero attached hydrogens (tertiary/aromatic N) is 1. The lowest BCUT2D eigenvalue weighted by atomic mass is 9.64. The molecule has 1 aromatic heterocycles. The fourth-order valence-electron chi connectivity index (χ4n) is 5.17. The Morgan fingerprint density at radius 3 is 2.59 bits per heavy atom. The molecule has 0 atom stereocenters. The number of ketones is 1. The minimum atomic E-state index is -4.34. The Morgan fingerprint density at radius 2 is 1.85 bits per heavy atom. The maximum Gasteiger partial charge on any atom is 0.264 e. The van der Waals surface area contributed by atoms with Crippen LogP contribution in [0.2, 0.25) is 0 Å². The van der Waals surface area contributed by atoms with Gasteiger partial charge in [-0.2, -0.15) is 5.10 Å². The molecule has 0 saturated heterocycles. The van der Waals surface area contributed by atoms with Crippen LogP contribution >= 0.6 is 0 Å². The summed E-state index contributed by atoms with van der Waals surface area (Å²) in [5, 5.41) is 7.90. The summed E-state index contributed by atoms with van der Waals surface area (Å²) in [6.45, 7) is 0. The fourth-order valence-corrected chi connectivity index (χ4v) is 6.27. The van der Waals surface area contributed by atoms with Crippen LogP contribution in [0.1, 0.15) is 30.4 Å². The Kier molecular flexibility index (Phi) is 4.44. The first kappa shape index (κ1) is 21.0. The van der Waals surface area contributed by atoms with Gasteiger partial charge in [0.1, 0.15) is 22.3 Å². The molecule has 2 N–H and O–H groups in total. The van der Waals surface area contributed by atoms with Gasteiger partial charge >= 0.3 is 0 Å². The highest BCUT2D eigenvalue weighted by molar-refractivity contribution is 7.92. The summed E-state index contributed by atoms with van der Waals surface area (Å²) in [6, 6.07) is 11.4. The second kappa shape index (κ2) is 7.20. The van der Waals surface area contributed by atoms with Crippen molar-refractivity contribution in [1.29, 1.82) is 0 Å². The number of fused-ring (bicyclic) bond motifs is 3. The highest BCUT2D eigenvalue weighted by atomic mass is 32.2. The van der Waals surface area contributed by atoms with Crippen LogP contribution in [-0.4, -0.2) is 24.4 Å². The van der Waals surface area contributed by atoms with Crippen molar-refractivity contribution in [1.82, 2.24) is 10.2 Å². The molecule has 172 valence electrons. The van der Waals surface area contributed by atoms with Crippen molar-refractivity contribution < 1.29 is 22.0 Å². The van der Waals surface area contributed by atoms with Gasteiger partial charge in [0.05, 0.1) is 17.1 Å². The first-order chi connectivity index (χ1) is 16.3. The van der Waals surface area contributed by atoms with Crippen molar-refractivity contribution >= 4 is 32.4 Å². The summed E-state index contributed by atoms with van der Waals surface area (Å²) in [5.41, 5.74) is 3.71. The molecule has 1 spiro atoms. The molecule has 0 aliphatic heterocycles. The zero-order valence-corrected chi connectivity index (χ0v) is 18.7. The molecule has 2 aliphatic rings. The van der Waals surface area contributed by atoms with Gasteiger partial charge < -0.3 is 0 Å². The van der Waals surface area contributed by atoms with Gasteiger partial charge in [0, 0.05) is 23.6 Å². The van der Waals surface area contributed by atoms with E-state index < -0.39 is 32.0 Å². The number of rotatable bonds is 4. The molecular formula is C25H19F2N3O3S. The van der Waals surface area contributed by atoms with E-state index in [1.807, 2.05) is 18.2 Å². The van der Waals surface area contributed by atoms with Crippen molar-refractivity contribution in [3.05, 3.63) is 77.5 Å². The van der Waals surface area contributed by atoms with Crippen LogP contribution in [0.5, 0.6) is 0 Å². The average molecular weight is 480 g/mol. The van der Waals surface area contributed by atoms with Crippen molar-refractivity contribution in [2.45, 2.75) is 36.0 Å². The summed E-state index contributed by atoms with van der Waals surface area (Å²) >= 11 is 0. The van der Waals surface area contributed by atoms with Crippen LogP contribution in [-0.2, 0) is 26.7 Å². The number of halogens is 2. The molecule has 34 heavy (non-hydrogen) atoms. The standard InChI is InChI=1S/C25H19F2N3O3S/c26-16-4-5-23(21(27)9-16)34(32,33)30-17-10-18(14-2-3-15-13-28-29-22(15)8-14)19-12-24(31)25(6-1-7-25)20(19)11-17/h2-5,8-11,13,30H,1,6-7,12H2,(H,28,29). The van der Waals surface area contributed by atoms with Crippen LogP contribution in [0.3, 0.4) is 0 Å². The lowest BCUT2D eigenvalue weighted by Crippen LogP contribution is -2.39. The second-order valence-corrected chi connectivity index (χ2v) is 10.6. The summed E-state index contributed by atoms with van der Waals surface area (Å²) < 4.78 is 56.0. The van der Waals surface area contributed by atoms with Gasteiger partial charge in [-0.25, -0.2) is 17.2 Å². The van der Waals surface area contributed by atoms with Gasteiger partial charge in [0.15, 0.2) is 0 Å². The molecule has 2 aliphatic carbocycles. The summed E-state index contributed by atoms with van der Waals surface area (Å²) in [6.07, 6.45) is 4.36. The van der Waals surface area contributed by atoms with Crippen molar-refractivity contribution in [3.63, 3.8) is 0 Å². The zero-order chi connectivity index (χ0) is 23.7. The highest BCUT2D eigenvalue weighted by Crippen LogP contribution is 2.53. The SMILES string of the molecule is O=C1Cc2c(-c3ccc4cn[nH]c4c3)cc(NS(=O)(=O)c3ccc(F)cc3F)cc2C12CCC2. The van der Waals surface area contributed by atoms with Gasteiger partial charge in [0.2, 0.25) is 0 Å². The maximum atomic E-state index is 14.3. The average Bonchev–Trinajstić information content (AvgIpc) is 3.33. The number of H-pyrrole nitrogens is 1. The number of nitrogens with one attached hydrogen (secondary N) is 2. The van der Waals surface area contributed by atoms with Crippen LogP contribution in [0.4, 0.5) is 14.5 Å². The molecule has 9 heteroatoms. The molecule has 1 saturated carbocycles. The van der Waals surface area contributed by atoms with E-state index in [1.165, 1.54) is 0 Å². The maximum absolute atomic E-state index is 14.3. The van der Waals surface area contributed by atoms with E-state index in [0.717, 1.165) is 64.6 Å². The molecular weight excluding hydrogens is 460 g/mol. The smallest absolute Gasteiger partial charge is 0.264 e. The monoisotopic (exact) mass is 479 g/mol. The molecule has 1 fully saturated rings. The van der Waals surface area contributed by atoms with Gasteiger partial charge in [-0.15, -0.1) is 0 Å². The fraction of sp³-hybridized carbons (Fsp3) is 0.200. The highest BCUT2D eigenvalue weighted by Gasteiger charge is 2.51. The number of aromatic nitrogens is 2. The Bertz CT molecular complexity index is 1610. The first-order valence-electron chi connectivity index (χ1n) is 10.9. The Morgan fingerprint density at radius 1 is 1.03 bits per heavy atom. The lowest BCUT2D eigenvalue weighted by molar-refractivity contribution is -0.125. The van der Waals surface area contributed by atoms with Crippen LogP contribution in [0, 0.1) is 11.6 Å². The molecule has 6 nitrogen and oxygen atoms in total. The third kappa shape index (κ3) is 3.07. The molecule has 1 heterocycles. The van der Waals surface area contributed by atoms with E-state index in [2.05, 4.69) is 14.9 Å². The van der Waals surface area contributed by atoms with E-state index >= 15 is 0 Å². The van der Waals surface area contributed by atoms with E-state index in [9.17, 15) is 22.0 Å². The normalized spacial score (nSPS) is 16.6. The summed E-state index contributed by atoms with van der Waals surface area (Å²) in [4.78, 5) is 12.4. The van der Waals surface area contributed by atoms with Gasteiger partial charge in [-0.05, 0) is 65.4 Å². The predicted octanol–water partition coefficient (Wildman–Crippen LogP) is 4.86. The number of hydrogen-bond acceptors (Lipinski definition) is 4. The predicted molar refractivity (Wildman–Crippen MR) is 123 cm³/mol. The molecule has 6 rings (SSSR count). The third-order valence-corrected chi connectivity index (χ3v) is 8.45. The Hall–Kier alpha value is -3.59. The quantitative estimate of drug-likeness (QED) is 0.438. The number of sulfonamides is 1. The minimum absolute atomic E-state index is 0.141. The molecule has 0 radical (unpaired) electrons. The number of carbonyl (C=O) groups excluding carboxylic acids is 1. The molecule has 4 aromatic rings. The number of aromatic amines is 1. The lowest BCUT2D eigenvalue weighted by Gasteiger charge is -2.38. The third-order valence-electron chi connectivity index (χ3n) is 7.03. The molecule has 0 amide bonds. The Labute approximate surface area is 194 Å². The van der Waals surface area contributed by atoms with E-state index in [0.29, 0.717) is 6.07 Å². The van der Waals surface area contributed by atoms with Crippen LogP contribution in [0.15, 0.2) is 59.6 Å². The summed E-state index contributed by atoms with van der Waals surface area (Å²) in [7, 11) is -4.34. The van der Waals surface area contributed by atoms with Gasteiger partial charge in [0.25, 0.3) is 10.0 Å². The van der Waals surface area contributed by atoms with E-state index in [1.54, 1.807) is 18.3 Å². The second-order valence-electron chi connectivity index (χ2n) is 8.94. The van der Waals surface area contributed by atoms with Gasteiger partial charge in [-0.3, -0.25) is 14.6 Å². The minimum Gasteiger partial charge on any atom is -0.298 e. The van der Waals surface area contributed by atoms with E-state index in [-0.39, 0.29) is 17.9 Å². The van der Waals surface area contributed by atoms with Crippen molar-refractivity contribution in [2.24, 2.45) is 0 Å². The van der Waals surface area contributed by atoms with Crippen LogP contribution in [0.25, 0.3) is 22.0 Å². The summed E-state index contributed by atoms with van der Waals surface area (Å²) in [5.74, 6) is -1.90. The molecule has 0 unspecified atom stereocenters. The van der Waals surface area contributed by atoms with Crippen molar-refractivity contribution in [2.75, 3.05) is 4.72 Å². The number of anilines is 1. The Balaban J connectivity index is 1.51. The number of hydrogen-bond donors (Lipinski definition) is 2. The topological polar surface area (TPSA) is 91.9 Å². The largest absolute Gasteiger partial charge is 0.298 e. The number of Topliss-reactive ketones (excluding diaryl/α,β-unsaturated/α-hetero) is 1. The van der Waals surface area contributed by atoms with Crippen molar-refractivity contribution in [3.8, 4) is 11.1 Å². The number of benzene rings is 3. The first-order valence-corrected chi connectivity index (χ1v) is 12.4. The molecule has 0 bridgehead atoms.